The molecule has 0 spiro atoms. The summed E-state index contributed by atoms with van der Waals surface area (Å²) in [5, 5.41) is 0. The Kier molecular flexibility index (Phi) is 4.39. The second kappa shape index (κ2) is 5.88. The first-order chi connectivity index (χ1) is 9.40. The van der Waals surface area contributed by atoms with Gasteiger partial charge in [-0.15, -0.1) is 11.8 Å². The van der Waals surface area contributed by atoms with Gasteiger partial charge in [0.05, 0.1) is 5.75 Å². The molecule has 0 fully saturated rings. The van der Waals surface area contributed by atoms with Gasteiger partial charge in [-0.2, -0.15) is 0 Å². The molecule has 1 aromatic heterocycles. The highest BCUT2D eigenvalue weighted by atomic mass is 32.2. The fraction of sp³-hybridized carbons (Fsp3) is 0.353. The number of aromatic nitrogens is 1. The summed E-state index contributed by atoms with van der Waals surface area (Å²) in [5.41, 5.74) is 5.58. The normalized spacial score (nSPS) is 10.8. The molecule has 1 aromatic carbocycles. The van der Waals surface area contributed by atoms with Crippen molar-refractivity contribution in [1.82, 2.24) is 4.57 Å². The van der Waals surface area contributed by atoms with E-state index in [-0.39, 0.29) is 5.78 Å². The van der Waals surface area contributed by atoms with E-state index in [1.54, 1.807) is 11.8 Å². The Balaban J connectivity index is 2.08. The third-order valence-corrected chi connectivity index (χ3v) is 4.92. The number of carbonyl (C=O) groups excluding carboxylic acids is 1. The van der Waals surface area contributed by atoms with Crippen molar-refractivity contribution >= 4 is 17.5 Å². The average Bonchev–Trinajstić information content (AvgIpc) is 2.67. The molecule has 0 saturated heterocycles. The number of carbonyl (C=O) groups is 1. The summed E-state index contributed by atoms with van der Waals surface area (Å²) in [4.78, 5) is 13.5. The van der Waals surface area contributed by atoms with Crippen LogP contribution >= 0.6 is 11.8 Å². The molecule has 0 bridgehead atoms. The van der Waals surface area contributed by atoms with Crippen molar-refractivity contribution < 1.29 is 4.79 Å². The molecule has 0 aliphatic rings. The Hall–Kier alpha value is -1.48. The van der Waals surface area contributed by atoms with Crippen LogP contribution in [0.3, 0.4) is 0 Å². The van der Waals surface area contributed by atoms with Crippen LogP contribution < -0.4 is 0 Å². The predicted octanol–water partition coefficient (Wildman–Crippen LogP) is 4.23. The van der Waals surface area contributed by atoms with Gasteiger partial charge in [0.15, 0.2) is 5.78 Å². The molecule has 0 aliphatic carbocycles. The van der Waals surface area contributed by atoms with Crippen molar-refractivity contribution in [2.45, 2.75) is 32.6 Å². The van der Waals surface area contributed by atoms with Crippen LogP contribution in [-0.4, -0.2) is 16.1 Å². The molecule has 0 radical (unpaired) electrons. The van der Waals surface area contributed by atoms with E-state index in [0.29, 0.717) is 5.75 Å². The predicted molar refractivity (Wildman–Crippen MR) is 85.9 cm³/mol. The Morgan fingerprint density at radius 3 is 2.35 bits per heavy atom. The lowest BCUT2D eigenvalue weighted by Crippen LogP contribution is -2.04. The molecule has 0 atom stereocenters. The van der Waals surface area contributed by atoms with Crippen LogP contribution in [0.1, 0.15) is 32.9 Å². The van der Waals surface area contributed by atoms with Gasteiger partial charge in [-0.25, -0.2) is 0 Å². The van der Waals surface area contributed by atoms with Crippen molar-refractivity contribution in [3.05, 3.63) is 52.3 Å². The van der Waals surface area contributed by atoms with Crippen molar-refractivity contribution in [2.24, 2.45) is 7.05 Å². The monoisotopic (exact) mass is 287 g/mol. The van der Waals surface area contributed by atoms with Crippen molar-refractivity contribution in [3.63, 3.8) is 0 Å². The second-order valence-corrected chi connectivity index (χ2v) is 6.35. The maximum Gasteiger partial charge on any atom is 0.174 e. The minimum Gasteiger partial charge on any atom is -0.351 e. The van der Waals surface area contributed by atoms with E-state index >= 15 is 0 Å². The van der Waals surface area contributed by atoms with E-state index in [4.69, 9.17) is 0 Å². The zero-order valence-corrected chi connectivity index (χ0v) is 13.6. The van der Waals surface area contributed by atoms with Gasteiger partial charge in [0.1, 0.15) is 0 Å². The molecule has 3 heteroatoms. The number of hydrogen-bond acceptors (Lipinski definition) is 2. The molecule has 0 saturated carbocycles. The molecule has 0 N–H and O–H groups in total. The Bertz CT molecular complexity index is 655. The summed E-state index contributed by atoms with van der Waals surface area (Å²) < 4.78 is 2.06. The molecule has 0 unspecified atom stereocenters. The number of Topliss-reactive ketones (excluding diaryl/α,β-unsaturated/α-hetero) is 1. The van der Waals surface area contributed by atoms with Gasteiger partial charge in [-0.3, -0.25) is 4.79 Å². The number of ketones is 1. The minimum atomic E-state index is 0.203. The molecule has 20 heavy (non-hydrogen) atoms. The highest BCUT2D eigenvalue weighted by Crippen LogP contribution is 2.23. The standard InChI is InChI=1S/C17H21NOS/c1-11-6-7-15(8-12(11)2)20-10-17(19)16-9-13(3)18(5)14(16)4/h6-9H,10H2,1-5H3. The molecule has 2 nitrogen and oxygen atoms in total. The second-order valence-electron chi connectivity index (χ2n) is 5.30. The number of aryl methyl sites for hydroxylation is 3. The third kappa shape index (κ3) is 2.98. The molecular weight excluding hydrogens is 266 g/mol. The first-order valence-electron chi connectivity index (χ1n) is 6.76. The van der Waals surface area contributed by atoms with E-state index in [1.807, 2.05) is 27.0 Å². The van der Waals surface area contributed by atoms with Gasteiger partial charge in [0, 0.05) is 28.9 Å². The first kappa shape index (κ1) is 14.9. The number of nitrogens with zero attached hydrogens (tertiary/aromatic N) is 1. The summed E-state index contributed by atoms with van der Waals surface area (Å²) in [5.74, 6) is 0.696. The highest BCUT2D eigenvalue weighted by molar-refractivity contribution is 8.00. The van der Waals surface area contributed by atoms with Gasteiger partial charge < -0.3 is 4.57 Å². The first-order valence-corrected chi connectivity index (χ1v) is 7.75. The number of thioether (sulfide) groups is 1. The van der Waals surface area contributed by atoms with E-state index in [1.165, 1.54) is 11.1 Å². The summed E-state index contributed by atoms with van der Waals surface area (Å²) in [6.07, 6.45) is 0. The van der Waals surface area contributed by atoms with Gasteiger partial charge in [-0.05, 0) is 57.0 Å². The number of benzene rings is 1. The van der Waals surface area contributed by atoms with Crippen molar-refractivity contribution in [2.75, 3.05) is 5.75 Å². The van der Waals surface area contributed by atoms with Gasteiger partial charge >= 0.3 is 0 Å². The fourth-order valence-electron chi connectivity index (χ4n) is 2.17. The largest absolute Gasteiger partial charge is 0.351 e. The van der Waals surface area contributed by atoms with E-state index < -0.39 is 0 Å². The summed E-state index contributed by atoms with van der Waals surface area (Å²) in [6, 6.07) is 8.33. The molecule has 0 amide bonds. The fourth-order valence-corrected chi connectivity index (χ4v) is 3.05. The Morgan fingerprint density at radius 2 is 1.80 bits per heavy atom. The summed E-state index contributed by atoms with van der Waals surface area (Å²) in [7, 11) is 2.00. The quantitative estimate of drug-likeness (QED) is 0.620. The van der Waals surface area contributed by atoms with Crippen LogP contribution in [-0.2, 0) is 7.05 Å². The molecule has 2 rings (SSSR count). The smallest absolute Gasteiger partial charge is 0.174 e. The molecule has 1 heterocycles. The third-order valence-electron chi connectivity index (χ3n) is 3.92. The SMILES string of the molecule is Cc1ccc(SCC(=O)c2cc(C)n(C)c2C)cc1C. The Labute approximate surface area is 125 Å². The van der Waals surface area contributed by atoms with Crippen LogP contribution in [0.25, 0.3) is 0 Å². The van der Waals surface area contributed by atoms with Crippen LogP contribution in [0, 0.1) is 27.7 Å². The molecule has 2 aromatic rings. The summed E-state index contributed by atoms with van der Waals surface area (Å²) in [6.45, 7) is 8.23. The van der Waals surface area contributed by atoms with Crippen molar-refractivity contribution in [1.29, 1.82) is 0 Å². The van der Waals surface area contributed by atoms with Gasteiger partial charge in [0.25, 0.3) is 0 Å². The molecule has 106 valence electrons. The lowest BCUT2D eigenvalue weighted by Gasteiger charge is -2.05. The zero-order chi connectivity index (χ0) is 14.9. The van der Waals surface area contributed by atoms with Crippen LogP contribution in [0.5, 0.6) is 0 Å². The maximum atomic E-state index is 12.3. The topological polar surface area (TPSA) is 22.0 Å². The number of hydrogen-bond donors (Lipinski definition) is 0. The van der Waals surface area contributed by atoms with E-state index in [2.05, 4.69) is 36.6 Å². The zero-order valence-electron chi connectivity index (χ0n) is 12.8. The van der Waals surface area contributed by atoms with Crippen LogP contribution in [0.2, 0.25) is 0 Å². The van der Waals surface area contributed by atoms with Crippen LogP contribution in [0.15, 0.2) is 29.2 Å². The minimum absolute atomic E-state index is 0.203. The lowest BCUT2D eigenvalue weighted by atomic mass is 10.1. The highest BCUT2D eigenvalue weighted by Gasteiger charge is 2.14. The molecular formula is C17H21NOS. The maximum absolute atomic E-state index is 12.3. The number of rotatable bonds is 4. The summed E-state index contributed by atoms with van der Waals surface area (Å²) >= 11 is 1.61. The van der Waals surface area contributed by atoms with E-state index in [0.717, 1.165) is 21.8 Å². The van der Waals surface area contributed by atoms with Gasteiger partial charge in [0.2, 0.25) is 0 Å². The van der Waals surface area contributed by atoms with Crippen LogP contribution in [0.4, 0.5) is 0 Å². The average molecular weight is 287 g/mol. The van der Waals surface area contributed by atoms with E-state index in [9.17, 15) is 4.79 Å². The Morgan fingerprint density at radius 1 is 1.10 bits per heavy atom. The molecule has 0 aliphatic heterocycles. The van der Waals surface area contributed by atoms with Gasteiger partial charge in [-0.1, -0.05) is 6.07 Å². The lowest BCUT2D eigenvalue weighted by molar-refractivity contribution is 0.102. The van der Waals surface area contributed by atoms with Crippen molar-refractivity contribution in [3.8, 4) is 0 Å².